The van der Waals surface area contributed by atoms with Crippen molar-refractivity contribution in [3.8, 4) is 5.75 Å². The number of nitrogens with one attached hydrogen (secondary N) is 1. The first-order valence-electron chi connectivity index (χ1n) is 5.84. The van der Waals surface area contributed by atoms with E-state index in [4.69, 9.17) is 9.84 Å². The lowest BCUT2D eigenvalue weighted by Crippen LogP contribution is -2.11. The summed E-state index contributed by atoms with van der Waals surface area (Å²) in [6.07, 6.45) is 0. The van der Waals surface area contributed by atoms with Gasteiger partial charge in [-0.2, -0.15) is 0 Å². The minimum absolute atomic E-state index is 0.0170. The Bertz CT molecular complexity index is 639. The van der Waals surface area contributed by atoms with Gasteiger partial charge in [0.15, 0.2) is 5.13 Å². The number of anilines is 1. The molecule has 0 aliphatic carbocycles. The summed E-state index contributed by atoms with van der Waals surface area (Å²) in [5.74, 6) is -0.0714. The number of para-hydroxylation sites is 1. The lowest BCUT2D eigenvalue weighted by molar-refractivity contribution is 0.0701. The van der Waals surface area contributed by atoms with Crippen LogP contribution in [0.4, 0.5) is 5.13 Å². The normalized spacial score (nSPS) is 16.8. The number of rotatable bonds is 3. The number of aromatic carboxylic acids is 1. The van der Waals surface area contributed by atoms with E-state index in [1.54, 1.807) is 6.92 Å². The van der Waals surface area contributed by atoms with Crippen molar-refractivity contribution in [3.05, 3.63) is 40.4 Å². The van der Waals surface area contributed by atoms with Crippen LogP contribution in [0.25, 0.3) is 0 Å². The van der Waals surface area contributed by atoms with Gasteiger partial charge in [-0.05, 0) is 13.0 Å². The first kappa shape index (κ1) is 12.0. The molecule has 5 nitrogen and oxygen atoms in total. The third-order valence-corrected chi connectivity index (χ3v) is 4.07. The third-order valence-electron chi connectivity index (χ3n) is 2.99. The fourth-order valence-electron chi connectivity index (χ4n) is 2.09. The highest BCUT2D eigenvalue weighted by Gasteiger charge is 2.25. The average Bonchev–Trinajstić information content (AvgIpc) is 2.95. The van der Waals surface area contributed by atoms with Gasteiger partial charge in [0.25, 0.3) is 0 Å². The SMILES string of the molecule is Cc1nc(NC2COc3ccccc32)sc1C(=O)O. The molecule has 1 aliphatic rings. The third kappa shape index (κ3) is 2.15. The molecule has 0 fully saturated rings. The number of thiazole rings is 1. The summed E-state index contributed by atoms with van der Waals surface area (Å²) in [6.45, 7) is 2.23. The highest BCUT2D eigenvalue weighted by molar-refractivity contribution is 7.17. The fourth-order valence-corrected chi connectivity index (χ4v) is 2.95. The lowest BCUT2D eigenvalue weighted by Gasteiger charge is -2.09. The first-order valence-corrected chi connectivity index (χ1v) is 6.66. The summed E-state index contributed by atoms with van der Waals surface area (Å²) in [7, 11) is 0. The molecule has 98 valence electrons. The van der Waals surface area contributed by atoms with Gasteiger partial charge in [0.1, 0.15) is 17.2 Å². The molecule has 1 aliphatic heterocycles. The molecule has 6 heteroatoms. The lowest BCUT2D eigenvalue weighted by atomic mass is 10.1. The summed E-state index contributed by atoms with van der Waals surface area (Å²) in [5, 5.41) is 12.9. The molecule has 0 saturated heterocycles. The first-order chi connectivity index (χ1) is 9.15. The van der Waals surface area contributed by atoms with E-state index in [1.165, 1.54) is 0 Å². The second-order valence-electron chi connectivity index (χ2n) is 4.28. The molecule has 1 aromatic carbocycles. The van der Waals surface area contributed by atoms with Crippen molar-refractivity contribution in [3.63, 3.8) is 0 Å². The Kier molecular flexibility index (Phi) is 2.87. The Hall–Kier alpha value is -2.08. The number of nitrogens with zero attached hydrogens (tertiary/aromatic N) is 1. The topological polar surface area (TPSA) is 71.5 Å². The molecule has 2 N–H and O–H groups in total. The van der Waals surface area contributed by atoms with Gasteiger partial charge in [-0.15, -0.1) is 0 Å². The Morgan fingerprint density at radius 1 is 1.53 bits per heavy atom. The van der Waals surface area contributed by atoms with E-state index >= 15 is 0 Å². The van der Waals surface area contributed by atoms with Gasteiger partial charge in [0.2, 0.25) is 0 Å². The molecule has 19 heavy (non-hydrogen) atoms. The quantitative estimate of drug-likeness (QED) is 0.901. The number of benzene rings is 1. The smallest absolute Gasteiger partial charge is 0.347 e. The Balaban J connectivity index is 1.84. The number of aromatic nitrogens is 1. The number of carboxylic acids is 1. The van der Waals surface area contributed by atoms with Gasteiger partial charge in [-0.3, -0.25) is 0 Å². The second-order valence-corrected chi connectivity index (χ2v) is 5.28. The maximum Gasteiger partial charge on any atom is 0.347 e. The zero-order chi connectivity index (χ0) is 13.4. The Morgan fingerprint density at radius 3 is 3.05 bits per heavy atom. The monoisotopic (exact) mass is 276 g/mol. The molecule has 3 rings (SSSR count). The molecular weight excluding hydrogens is 264 g/mol. The van der Waals surface area contributed by atoms with Crippen LogP contribution in [0.1, 0.15) is 27.0 Å². The molecule has 2 aromatic rings. The zero-order valence-corrected chi connectivity index (χ0v) is 11.0. The molecule has 0 saturated carbocycles. The summed E-state index contributed by atoms with van der Waals surface area (Å²) < 4.78 is 5.57. The van der Waals surface area contributed by atoms with E-state index < -0.39 is 5.97 Å². The summed E-state index contributed by atoms with van der Waals surface area (Å²) in [4.78, 5) is 15.5. The van der Waals surface area contributed by atoms with E-state index in [0.717, 1.165) is 22.6 Å². The van der Waals surface area contributed by atoms with Crippen LogP contribution in [-0.2, 0) is 0 Å². The van der Waals surface area contributed by atoms with Crippen LogP contribution in [-0.4, -0.2) is 22.7 Å². The van der Waals surface area contributed by atoms with E-state index in [0.29, 0.717) is 17.4 Å². The predicted molar refractivity (Wildman–Crippen MR) is 72.1 cm³/mol. The minimum atomic E-state index is -0.939. The van der Waals surface area contributed by atoms with Crippen LogP contribution in [0.15, 0.2) is 24.3 Å². The van der Waals surface area contributed by atoms with Crippen molar-refractivity contribution in [2.75, 3.05) is 11.9 Å². The van der Waals surface area contributed by atoms with Crippen molar-refractivity contribution in [1.29, 1.82) is 0 Å². The predicted octanol–water partition coefficient (Wildman–Crippen LogP) is 2.70. The fraction of sp³-hybridized carbons (Fsp3) is 0.231. The molecule has 0 spiro atoms. The molecule has 1 aromatic heterocycles. The molecule has 0 bridgehead atoms. The maximum absolute atomic E-state index is 11.0. The summed E-state index contributed by atoms with van der Waals surface area (Å²) in [6, 6.07) is 7.82. The highest BCUT2D eigenvalue weighted by Crippen LogP contribution is 2.35. The van der Waals surface area contributed by atoms with Crippen LogP contribution in [0.2, 0.25) is 0 Å². The zero-order valence-electron chi connectivity index (χ0n) is 10.2. The van der Waals surface area contributed by atoms with Crippen LogP contribution >= 0.6 is 11.3 Å². The van der Waals surface area contributed by atoms with Gasteiger partial charge < -0.3 is 15.2 Å². The van der Waals surface area contributed by atoms with Crippen molar-refractivity contribution < 1.29 is 14.6 Å². The molecule has 1 atom stereocenters. The number of aryl methyl sites for hydroxylation is 1. The van der Waals surface area contributed by atoms with Crippen molar-refractivity contribution in [2.45, 2.75) is 13.0 Å². The largest absolute Gasteiger partial charge is 0.491 e. The van der Waals surface area contributed by atoms with E-state index in [2.05, 4.69) is 10.3 Å². The van der Waals surface area contributed by atoms with E-state index in [-0.39, 0.29) is 10.9 Å². The molecular formula is C13H12N2O3S. The van der Waals surface area contributed by atoms with Gasteiger partial charge >= 0.3 is 5.97 Å². The number of hydrogen-bond donors (Lipinski definition) is 2. The van der Waals surface area contributed by atoms with Crippen LogP contribution in [0.5, 0.6) is 5.75 Å². The summed E-state index contributed by atoms with van der Waals surface area (Å²) in [5.41, 5.74) is 1.61. The van der Waals surface area contributed by atoms with Gasteiger partial charge in [0, 0.05) is 5.56 Å². The van der Waals surface area contributed by atoms with Gasteiger partial charge in [0.05, 0.1) is 11.7 Å². The Morgan fingerprint density at radius 2 is 2.32 bits per heavy atom. The molecule has 1 unspecified atom stereocenters. The number of hydrogen-bond acceptors (Lipinski definition) is 5. The number of carbonyl (C=O) groups is 1. The summed E-state index contributed by atoms with van der Waals surface area (Å²) >= 11 is 1.15. The number of fused-ring (bicyclic) bond motifs is 1. The van der Waals surface area contributed by atoms with Crippen molar-refractivity contribution in [2.24, 2.45) is 0 Å². The number of ether oxygens (including phenoxy) is 1. The van der Waals surface area contributed by atoms with Crippen LogP contribution in [0, 0.1) is 6.92 Å². The molecule has 0 radical (unpaired) electrons. The van der Waals surface area contributed by atoms with E-state index in [1.807, 2.05) is 24.3 Å². The molecule has 0 amide bonds. The average molecular weight is 276 g/mol. The number of carboxylic acid groups (broad SMARTS) is 1. The van der Waals surface area contributed by atoms with E-state index in [9.17, 15) is 4.79 Å². The van der Waals surface area contributed by atoms with Crippen molar-refractivity contribution in [1.82, 2.24) is 4.98 Å². The Labute approximate surface area is 113 Å². The highest BCUT2D eigenvalue weighted by atomic mass is 32.1. The van der Waals surface area contributed by atoms with Crippen LogP contribution < -0.4 is 10.1 Å². The van der Waals surface area contributed by atoms with Gasteiger partial charge in [-0.25, -0.2) is 9.78 Å². The van der Waals surface area contributed by atoms with Crippen molar-refractivity contribution >= 4 is 22.4 Å². The standard InChI is InChI=1S/C13H12N2O3S/c1-7-11(12(16)17)19-13(14-7)15-9-6-18-10-5-3-2-4-8(9)10/h2-5,9H,6H2,1H3,(H,14,15)(H,16,17). The second kappa shape index (κ2) is 4.55. The van der Waals surface area contributed by atoms with Gasteiger partial charge in [-0.1, -0.05) is 29.5 Å². The minimum Gasteiger partial charge on any atom is -0.491 e. The van der Waals surface area contributed by atoms with Crippen LogP contribution in [0.3, 0.4) is 0 Å². The maximum atomic E-state index is 11.0. The molecule has 2 heterocycles.